The van der Waals surface area contributed by atoms with Crippen molar-refractivity contribution in [1.82, 2.24) is 4.68 Å². The van der Waals surface area contributed by atoms with Gasteiger partial charge >= 0.3 is 5.91 Å². The van der Waals surface area contributed by atoms with Crippen LogP contribution in [0.5, 0.6) is 0 Å². The molecule has 2 heterocycles. The Labute approximate surface area is 86.0 Å². The third-order valence-corrected chi connectivity index (χ3v) is 2.86. The Balaban J connectivity index is 2.41. The van der Waals surface area contributed by atoms with E-state index < -0.39 is 0 Å². The lowest BCUT2D eigenvalue weighted by atomic mass is 10.4. The molecule has 0 aliphatic carbocycles. The average Bonchev–Trinajstić information content (AvgIpc) is 2.73. The van der Waals surface area contributed by atoms with Crippen molar-refractivity contribution in [2.24, 2.45) is 0 Å². The molecular weight excluding hydrogens is 196 g/mol. The summed E-state index contributed by atoms with van der Waals surface area (Å²) in [6, 6.07) is 5.66. The summed E-state index contributed by atoms with van der Waals surface area (Å²) in [4.78, 5) is 12.6. The predicted molar refractivity (Wildman–Crippen MR) is 54.5 cm³/mol. The van der Waals surface area contributed by atoms with Crippen LogP contribution in [-0.4, -0.2) is 10.6 Å². The first-order valence-electron chi connectivity index (χ1n) is 4.35. The lowest BCUT2D eigenvalue weighted by molar-refractivity contribution is -0.479. The molecule has 3 nitrogen and oxygen atoms in total. The van der Waals surface area contributed by atoms with Crippen molar-refractivity contribution in [2.75, 3.05) is 0 Å². The first-order chi connectivity index (χ1) is 6.68. The maximum Gasteiger partial charge on any atom is 0.323 e. The molecular formula is C10H11N2OS+. The van der Waals surface area contributed by atoms with E-state index in [-0.39, 0.29) is 5.91 Å². The fraction of sp³-hybridized carbons (Fsp3) is 0.200. The highest BCUT2D eigenvalue weighted by Gasteiger charge is 2.17. The average molecular weight is 207 g/mol. The van der Waals surface area contributed by atoms with E-state index in [1.165, 1.54) is 11.3 Å². The summed E-state index contributed by atoms with van der Waals surface area (Å²) in [6.45, 7) is 3.85. The molecule has 0 spiro atoms. The van der Waals surface area contributed by atoms with Crippen molar-refractivity contribution in [1.29, 1.82) is 0 Å². The maximum atomic E-state index is 11.9. The molecule has 0 aromatic carbocycles. The first kappa shape index (κ1) is 9.15. The Morgan fingerprint density at radius 3 is 2.79 bits per heavy atom. The highest BCUT2D eigenvalue weighted by atomic mass is 32.1. The van der Waals surface area contributed by atoms with Gasteiger partial charge in [-0.2, -0.15) is 0 Å². The van der Waals surface area contributed by atoms with E-state index >= 15 is 0 Å². The molecule has 1 N–H and O–H groups in total. The zero-order chi connectivity index (χ0) is 10.1. The third kappa shape index (κ3) is 1.48. The summed E-state index contributed by atoms with van der Waals surface area (Å²) in [5.74, 6) is 0.00519. The molecule has 4 heteroatoms. The van der Waals surface area contributed by atoms with Gasteiger partial charge in [0, 0.05) is 13.0 Å². The zero-order valence-electron chi connectivity index (χ0n) is 8.07. The smallest absolute Gasteiger partial charge is 0.262 e. The topological polar surface area (TPSA) is 36.1 Å². The molecule has 0 saturated heterocycles. The highest BCUT2D eigenvalue weighted by Crippen LogP contribution is 2.10. The van der Waals surface area contributed by atoms with Gasteiger partial charge in [-0.15, -0.1) is 16.4 Å². The lowest BCUT2D eigenvalue weighted by Crippen LogP contribution is -2.27. The van der Waals surface area contributed by atoms with Gasteiger partial charge in [-0.05, 0) is 18.4 Å². The minimum atomic E-state index is 0.00519. The number of hydrogen-bond acceptors (Lipinski definition) is 2. The quantitative estimate of drug-likeness (QED) is 0.700. The van der Waals surface area contributed by atoms with Crippen LogP contribution in [0.4, 0.5) is 0 Å². The summed E-state index contributed by atoms with van der Waals surface area (Å²) >= 11 is 1.45. The van der Waals surface area contributed by atoms with Crippen molar-refractivity contribution in [3.63, 3.8) is 0 Å². The Morgan fingerprint density at radius 2 is 2.29 bits per heavy atom. The number of H-pyrrole nitrogens is 1. The normalized spacial score (nSPS) is 10.4. The van der Waals surface area contributed by atoms with E-state index in [0.717, 1.165) is 16.3 Å². The number of nitrogens with zero attached hydrogens (tertiary/aromatic N) is 1. The van der Waals surface area contributed by atoms with Crippen LogP contribution in [-0.2, 0) is 0 Å². The van der Waals surface area contributed by atoms with E-state index in [4.69, 9.17) is 0 Å². The van der Waals surface area contributed by atoms with Crippen LogP contribution in [0.3, 0.4) is 0 Å². The molecule has 0 aliphatic rings. The molecule has 2 aromatic heterocycles. The van der Waals surface area contributed by atoms with Gasteiger partial charge in [-0.25, -0.2) is 0 Å². The van der Waals surface area contributed by atoms with Crippen LogP contribution in [0.1, 0.15) is 21.1 Å². The molecule has 0 aliphatic heterocycles. The lowest BCUT2D eigenvalue weighted by Gasteiger charge is -1.93. The number of nitrogens with one attached hydrogen (secondary N) is 1. The molecule has 0 amide bonds. The van der Waals surface area contributed by atoms with Gasteiger partial charge in [0.15, 0.2) is 0 Å². The van der Waals surface area contributed by atoms with Gasteiger partial charge in [-0.1, -0.05) is 10.7 Å². The number of aromatic amines is 1. The van der Waals surface area contributed by atoms with Crippen LogP contribution >= 0.6 is 11.3 Å². The Bertz CT molecular complexity index is 456. The standard InChI is InChI=1S/C10H10N2OS/c1-7-6-8(2)12(11-7)10(13)9-4-3-5-14-9/h3-6H,1-2H3/p+1. The van der Waals surface area contributed by atoms with Crippen molar-refractivity contribution >= 4 is 17.2 Å². The maximum absolute atomic E-state index is 11.9. The van der Waals surface area contributed by atoms with Gasteiger partial charge in [0.25, 0.3) is 0 Å². The number of thiophene rings is 1. The van der Waals surface area contributed by atoms with E-state index in [1.54, 1.807) is 4.68 Å². The Hall–Kier alpha value is -1.42. The summed E-state index contributed by atoms with van der Waals surface area (Å²) < 4.78 is 1.57. The highest BCUT2D eigenvalue weighted by molar-refractivity contribution is 7.12. The second-order valence-corrected chi connectivity index (χ2v) is 4.15. The molecule has 0 atom stereocenters. The second kappa shape index (κ2) is 3.38. The van der Waals surface area contributed by atoms with Gasteiger partial charge in [0.2, 0.25) is 5.69 Å². The number of carbonyl (C=O) groups excluding carboxylic acids is 1. The molecule has 2 rings (SSSR count). The number of carbonyl (C=O) groups is 1. The number of aryl methyl sites for hydroxylation is 2. The second-order valence-electron chi connectivity index (χ2n) is 3.20. The fourth-order valence-corrected chi connectivity index (χ4v) is 2.05. The van der Waals surface area contributed by atoms with Crippen LogP contribution in [0.15, 0.2) is 23.6 Å². The van der Waals surface area contributed by atoms with E-state index in [1.807, 2.05) is 37.4 Å². The van der Waals surface area contributed by atoms with Crippen LogP contribution in [0, 0.1) is 13.8 Å². The molecule has 2 aromatic rings. The molecule has 0 radical (unpaired) electrons. The Kier molecular flexibility index (Phi) is 2.21. The van der Waals surface area contributed by atoms with Gasteiger partial charge in [0.05, 0.1) is 10.6 Å². The SMILES string of the molecule is Cc1cc(C)n(C(=O)c2cccs2)[nH+]1. The summed E-state index contributed by atoms with van der Waals surface area (Å²) in [5, 5.41) is 4.91. The molecule has 0 saturated carbocycles. The monoisotopic (exact) mass is 207 g/mol. The third-order valence-electron chi connectivity index (χ3n) is 2.00. The number of hydrogen-bond donors (Lipinski definition) is 0. The molecule has 72 valence electrons. The minimum Gasteiger partial charge on any atom is -0.262 e. The van der Waals surface area contributed by atoms with Crippen LogP contribution in [0.2, 0.25) is 0 Å². The van der Waals surface area contributed by atoms with Crippen molar-refractivity contribution < 1.29 is 9.89 Å². The first-order valence-corrected chi connectivity index (χ1v) is 5.23. The Morgan fingerprint density at radius 1 is 1.50 bits per heavy atom. The van der Waals surface area contributed by atoms with E-state index in [2.05, 4.69) is 5.10 Å². The van der Waals surface area contributed by atoms with Crippen LogP contribution in [0.25, 0.3) is 0 Å². The number of rotatable bonds is 1. The summed E-state index contributed by atoms with van der Waals surface area (Å²) in [7, 11) is 0. The summed E-state index contributed by atoms with van der Waals surface area (Å²) in [5.41, 5.74) is 1.92. The van der Waals surface area contributed by atoms with Crippen molar-refractivity contribution in [3.05, 3.63) is 39.8 Å². The minimum absolute atomic E-state index is 0.00519. The van der Waals surface area contributed by atoms with Crippen molar-refractivity contribution in [3.8, 4) is 0 Å². The fourth-order valence-electron chi connectivity index (χ4n) is 1.40. The van der Waals surface area contributed by atoms with Gasteiger partial charge < -0.3 is 0 Å². The van der Waals surface area contributed by atoms with Gasteiger partial charge in [-0.3, -0.25) is 4.79 Å². The van der Waals surface area contributed by atoms with Gasteiger partial charge in [0.1, 0.15) is 0 Å². The molecule has 0 bridgehead atoms. The largest absolute Gasteiger partial charge is 0.323 e. The number of aromatic nitrogens is 2. The molecule has 0 unspecified atom stereocenters. The molecule has 14 heavy (non-hydrogen) atoms. The van der Waals surface area contributed by atoms with Crippen LogP contribution < -0.4 is 5.10 Å². The summed E-state index contributed by atoms with van der Waals surface area (Å²) in [6.07, 6.45) is 0. The zero-order valence-corrected chi connectivity index (χ0v) is 8.89. The van der Waals surface area contributed by atoms with E-state index in [0.29, 0.717) is 0 Å². The predicted octanol–water partition coefficient (Wildman–Crippen LogP) is 1.67. The van der Waals surface area contributed by atoms with E-state index in [9.17, 15) is 4.79 Å². The van der Waals surface area contributed by atoms with Crippen molar-refractivity contribution in [2.45, 2.75) is 13.8 Å². The molecule has 0 fully saturated rings.